The third kappa shape index (κ3) is 4.77. The minimum absolute atomic E-state index is 0.131. The lowest BCUT2D eigenvalue weighted by atomic mass is 10.2. The fraction of sp³-hybridized carbons (Fsp3) is 0.143. The van der Waals surface area contributed by atoms with Gasteiger partial charge in [-0.1, -0.05) is 23.6 Å². The van der Waals surface area contributed by atoms with Gasteiger partial charge in [0.15, 0.2) is 16.7 Å². The normalized spacial score (nSPS) is 16.1. The van der Waals surface area contributed by atoms with E-state index in [0.717, 1.165) is 16.8 Å². The molecule has 1 amide bonds. The molecule has 0 spiro atoms. The van der Waals surface area contributed by atoms with Crippen LogP contribution in [0.2, 0.25) is 0 Å². The highest BCUT2D eigenvalue weighted by Gasteiger charge is 2.24. The van der Waals surface area contributed by atoms with Gasteiger partial charge in [0.05, 0.1) is 22.2 Å². The third-order valence-corrected chi connectivity index (χ3v) is 5.26. The van der Waals surface area contributed by atoms with Crippen molar-refractivity contribution in [3.8, 4) is 23.8 Å². The largest absolute Gasteiger partial charge is 0.493 e. The molecule has 0 aliphatic carbocycles. The number of hydrogen-bond donors (Lipinski definition) is 1. The van der Waals surface area contributed by atoms with E-state index in [-0.39, 0.29) is 12.5 Å². The van der Waals surface area contributed by atoms with Crippen LogP contribution in [0, 0.1) is 19.3 Å². The summed E-state index contributed by atoms with van der Waals surface area (Å²) in [7, 11) is 1.55. The molecule has 0 radical (unpaired) electrons. The van der Waals surface area contributed by atoms with Crippen LogP contribution in [-0.2, 0) is 4.79 Å². The number of carbonyl (C=O) groups is 1. The number of thioether (sulfide) groups is 1. The zero-order valence-corrected chi connectivity index (χ0v) is 17.7. The topological polar surface area (TPSA) is 59.9 Å². The molecule has 0 saturated carbocycles. The highest BCUT2D eigenvalue weighted by atomic mass is 79.9. The summed E-state index contributed by atoms with van der Waals surface area (Å²) in [6.45, 7) is 2.14. The first kappa shape index (κ1) is 20.1. The van der Waals surface area contributed by atoms with Crippen molar-refractivity contribution in [2.45, 2.75) is 6.92 Å². The van der Waals surface area contributed by atoms with Crippen molar-refractivity contribution >= 4 is 50.5 Å². The number of carbonyl (C=O) groups excluding carboxylic acids is 1. The number of terminal acetylenes is 1. The number of halogens is 1. The second-order valence-electron chi connectivity index (χ2n) is 5.84. The van der Waals surface area contributed by atoms with Crippen molar-refractivity contribution in [2.75, 3.05) is 13.7 Å². The van der Waals surface area contributed by atoms with E-state index in [4.69, 9.17) is 15.9 Å². The van der Waals surface area contributed by atoms with Crippen LogP contribution in [0.15, 0.2) is 50.8 Å². The fourth-order valence-electron chi connectivity index (χ4n) is 2.45. The Kier molecular flexibility index (Phi) is 6.45. The van der Waals surface area contributed by atoms with Crippen molar-refractivity contribution in [3.63, 3.8) is 0 Å². The Morgan fingerprint density at radius 3 is 2.75 bits per heavy atom. The first-order valence-corrected chi connectivity index (χ1v) is 9.91. The van der Waals surface area contributed by atoms with E-state index in [1.165, 1.54) is 11.8 Å². The quantitative estimate of drug-likeness (QED) is 0.524. The van der Waals surface area contributed by atoms with Gasteiger partial charge in [-0.05, 0) is 70.5 Å². The lowest BCUT2D eigenvalue weighted by Gasteiger charge is -2.12. The van der Waals surface area contributed by atoms with Crippen LogP contribution in [0.3, 0.4) is 0 Å². The van der Waals surface area contributed by atoms with E-state index in [2.05, 4.69) is 32.2 Å². The summed E-state index contributed by atoms with van der Waals surface area (Å²) in [6.07, 6.45) is 7.02. The van der Waals surface area contributed by atoms with Crippen molar-refractivity contribution in [1.82, 2.24) is 5.32 Å². The molecular weight excluding hydrogens is 440 g/mol. The molecule has 2 aromatic carbocycles. The van der Waals surface area contributed by atoms with Crippen LogP contribution in [0.25, 0.3) is 6.08 Å². The molecule has 0 bridgehead atoms. The lowest BCUT2D eigenvalue weighted by molar-refractivity contribution is -0.115. The number of nitrogens with one attached hydrogen (secondary N) is 1. The third-order valence-electron chi connectivity index (χ3n) is 3.76. The number of amidine groups is 1. The molecule has 0 unspecified atom stereocenters. The molecule has 1 saturated heterocycles. The molecular formula is C21H17BrN2O3S. The van der Waals surface area contributed by atoms with Crippen molar-refractivity contribution in [2.24, 2.45) is 4.99 Å². The fourth-order valence-corrected chi connectivity index (χ4v) is 3.86. The van der Waals surface area contributed by atoms with Gasteiger partial charge in [-0.15, -0.1) is 6.42 Å². The molecule has 1 N–H and O–H groups in total. The Morgan fingerprint density at radius 1 is 1.32 bits per heavy atom. The molecule has 2 aromatic rings. The first-order chi connectivity index (χ1) is 13.5. The van der Waals surface area contributed by atoms with Gasteiger partial charge in [-0.25, -0.2) is 4.99 Å². The summed E-state index contributed by atoms with van der Waals surface area (Å²) in [6, 6.07) is 11.4. The zero-order chi connectivity index (χ0) is 20.1. The highest BCUT2D eigenvalue weighted by Crippen LogP contribution is 2.38. The second-order valence-corrected chi connectivity index (χ2v) is 7.73. The summed E-state index contributed by atoms with van der Waals surface area (Å²) in [4.78, 5) is 17.3. The minimum Gasteiger partial charge on any atom is -0.493 e. The standard InChI is InChI=1S/C21H17BrN2O3S/c1-4-9-27-19-16(22)10-14(11-17(19)26-3)12-18-20(25)24-21(28-18)23-15-7-5-13(2)6-8-15/h1,5-8,10-12H,9H2,2-3H3,(H,23,24,25)/b18-12+. The van der Waals surface area contributed by atoms with Gasteiger partial charge >= 0.3 is 0 Å². The summed E-state index contributed by atoms with van der Waals surface area (Å²) < 4.78 is 11.6. The summed E-state index contributed by atoms with van der Waals surface area (Å²) in [5, 5.41) is 3.33. The van der Waals surface area contributed by atoms with Gasteiger partial charge in [-0.3, -0.25) is 4.79 Å². The average molecular weight is 457 g/mol. The van der Waals surface area contributed by atoms with Crippen molar-refractivity contribution in [3.05, 3.63) is 56.9 Å². The number of nitrogens with zero attached hydrogens (tertiary/aromatic N) is 1. The highest BCUT2D eigenvalue weighted by molar-refractivity contribution is 9.10. The zero-order valence-electron chi connectivity index (χ0n) is 15.3. The summed E-state index contributed by atoms with van der Waals surface area (Å²) in [5.74, 6) is 3.27. The number of benzene rings is 2. The van der Waals surface area contributed by atoms with Crippen LogP contribution in [0.1, 0.15) is 11.1 Å². The van der Waals surface area contributed by atoms with E-state index in [1.807, 2.05) is 37.3 Å². The Morgan fingerprint density at radius 2 is 2.07 bits per heavy atom. The van der Waals surface area contributed by atoms with Crippen LogP contribution >= 0.6 is 27.7 Å². The maximum absolute atomic E-state index is 12.3. The van der Waals surface area contributed by atoms with Gasteiger partial charge < -0.3 is 14.8 Å². The second kappa shape index (κ2) is 9.00. The van der Waals surface area contributed by atoms with E-state index >= 15 is 0 Å². The lowest BCUT2D eigenvalue weighted by Crippen LogP contribution is -2.19. The van der Waals surface area contributed by atoms with Gasteiger partial charge in [-0.2, -0.15) is 0 Å². The molecule has 0 atom stereocenters. The van der Waals surface area contributed by atoms with Gasteiger partial charge in [0.2, 0.25) is 0 Å². The molecule has 1 aliphatic rings. The Hall–Kier alpha value is -2.69. The van der Waals surface area contributed by atoms with E-state index in [0.29, 0.717) is 26.0 Å². The molecule has 5 nitrogen and oxygen atoms in total. The van der Waals surface area contributed by atoms with E-state index in [9.17, 15) is 4.79 Å². The smallest absolute Gasteiger partial charge is 0.264 e. The monoisotopic (exact) mass is 456 g/mol. The number of methoxy groups -OCH3 is 1. The molecule has 3 rings (SSSR count). The Balaban J connectivity index is 1.85. The van der Waals surface area contributed by atoms with Gasteiger partial charge in [0.25, 0.3) is 5.91 Å². The molecule has 7 heteroatoms. The minimum atomic E-state index is -0.196. The van der Waals surface area contributed by atoms with Gasteiger partial charge in [0, 0.05) is 0 Å². The first-order valence-electron chi connectivity index (χ1n) is 8.30. The number of aryl methyl sites for hydroxylation is 1. The number of amides is 1. The van der Waals surface area contributed by atoms with E-state index < -0.39 is 0 Å². The number of rotatable bonds is 5. The maximum Gasteiger partial charge on any atom is 0.264 e. The van der Waals surface area contributed by atoms with Crippen LogP contribution in [-0.4, -0.2) is 24.8 Å². The van der Waals surface area contributed by atoms with Crippen molar-refractivity contribution in [1.29, 1.82) is 0 Å². The molecule has 1 aliphatic heterocycles. The molecule has 1 heterocycles. The molecule has 1 fully saturated rings. The molecule has 142 valence electrons. The molecule has 0 aromatic heterocycles. The maximum atomic E-state index is 12.3. The Labute approximate surface area is 176 Å². The van der Waals surface area contributed by atoms with Crippen LogP contribution in [0.4, 0.5) is 5.69 Å². The number of ether oxygens (including phenoxy) is 2. The average Bonchev–Trinajstić information content (AvgIpc) is 3.01. The summed E-state index contributed by atoms with van der Waals surface area (Å²) >= 11 is 4.75. The summed E-state index contributed by atoms with van der Waals surface area (Å²) in [5.41, 5.74) is 2.72. The molecule has 28 heavy (non-hydrogen) atoms. The predicted molar refractivity (Wildman–Crippen MR) is 117 cm³/mol. The van der Waals surface area contributed by atoms with Crippen LogP contribution in [0.5, 0.6) is 11.5 Å². The van der Waals surface area contributed by atoms with Crippen molar-refractivity contribution < 1.29 is 14.3 Å². The number of aliphatic imine (C=N–C) groups is 1. The van der Waals surface area contributed by atoms with Gasteiger partial charge in [0.1, 0.15) is 6.61 Å². The van der Waals surface area contributed by atoms with E-state index in [1.54, 1.807) is 19.3 Å². The van der Waals surface area contributed by atoms with Crippen LogP contribution < -0.4 is 14.8 Å². The predicted octanol–water partition coefficient (Wildman–Crippen LogP) is 4.67. The SMILES string of the molecule is C#CCOc1c(Br)cc(/C=C2/SC(=Nc3ccc(C)cc3)NC2=O)cc1OC. The Bertz CT molecular complexity index is 1010. The number of hydrogen-bond acceptors (Lipinski definition) is 5.